The zero-order chi connectivity index (χ0) is 15.0. The molecule has 0 fully saturated rings. The van der Waals surface area contributed by atoms with Crippen LogP contribution in [-0.4, -0.2) is 16.1 Å². The fourth-order valence-electron chi connectivity index (χ4n) is 2.21. The van der Waals surface area contributed by atoms with Gasteiger partial charge in [0, 0.05) is 34.6 Å². The van der Waals surface area contributed by atoms with Gasteiger partial charge in [-0.15, -0.1) is 0 Å². The highest BCUT2D eigenvalue weighted by atomic mass is 16.2. The van der Waals surface area contributed by atoms with Crippen LogP contribution in [0.1, 0.15) is 32.0 Å². The van der Waals surface area contributed by atoms with E-state index in [9.17, 15) is 4.79 Å². The van der Waals surface area contributed by atoms with Crippen molar-refractivity contribution in [2.75, 3.05) is 10.6 Å². The fourth-order valence-corrected chi connectivity index (χ4v) is 2.21. The van der Waals surface area contributed by atoms with Crippen LogP contribution in [0.5, 0.6) is 0 Å². The molecule has 3 rings (SSSR count). The highest BCUT2D eigenvalue weighted by molar-refractivity contribution is 6.31. The molecule has 2 aromatic rings. The number of aromatic amines is 1. The first-order valence-corrected chi connectivity index (χ1v) is 6.88. The number of hydrogen-bond acceptors (Lipinski definition) is 3. The monoisotopic (exact) mass is 282 g/mol. The lowest BCUT2D eigenvalue weighted by Crippen LogP contribution is -2.11. The molecule has 3 N–H and O–H groups in total. The minimum absolute atomic E-state index is 0.0113. The quantitative estimate of drug-likeness (QED) is 0.741. The summed E-state index contributed by atoms with van der Waals surface area (Å²) in [6.07, 6.45) is 1.70. The average Bonchev–Trinajstić information content (AvgIpc) is 3.00. The van der Waals surface area contributed by atoms with Crippen molar-refractivity contribution in [3.63, 3.8) is 0 Å². The van der Waals surface area contributed by atoms with Gasteiger partial charge < -0.3 is 10.6 Å². The second-order valence-electron chi connectivity index (χ2n) is 6.12. The van der Waals surface area contributed by atoms with E-state index in [0.717, 1.165) is 16.9 Å². The van der Waals surface area contributed by atoms with Gasteiger partial charge in [0.1, 0.15) is 0 Å². The van der Waals surface area contributed by atoms with Crippen LogP contribution in [0, 0.1) is 0 Å². The normalized spacial score (nSPS) is 16.0. The zero-order valence-corrected chi connectivity index (χ0v) is 12.3. The lowest BCUT2D eigenvalue weighted by atomic mass is 9.92. The molecule has 1 aromatic carbocycles. The van der Waals surface area contributed by atoms with E-state index >= 15 is 0 Å². The number of para-hydroxylation sites is 1. The van der Waals surface area contributed by atoms with E-state index in [-0.39, 0.29) is 11.3 Å². The summed E-state index contributed by atoms with van der Waals surface area (Å²) in [5.41, 5.74) is 3.41. The Morgan fingerprint density at radius 2 is 2.00 bits per heavy atom. The number of anilines is 2. The van der Waals surface area contributed by atoms with Crippen molar-refractivity contribution < 1.29 is 4.79 Å². The zero-order valence-electron chi connectivity index (χ0n) is 12.3. The van der Waals surface area contributed by atoms with Gasteiger partial charge in [-0.25, -0.2) is 0 Å². The summed E-state index contributed by atoms with van der Waals surface area (Å²) in [6.45, 7) is 6.34. The molecular weight excluding hydrogens is 264 g/mol. The van der Waals surface area contributed by atoms with E-state index < -0.39 is 0 Å². The van der Waals surface area contributed by atoms with Crippen molar-refractivity contribution in [3.8, 4) is 0 Å². The number of H-pyrrole nitrogens is 1. The third kappa shape index (κ3) is 2.54. The number of amides is 1. The maximum absolute atomic E-state index is 12.0. The fraction of sp³-hybridized carbons (Fsp3) is 0.250. The molecule has 1 aliphatic rings. The molecule has 0 saturated heterocycles. The topological polar surface area (TPSA) is 69.8 Å². The number of rotatable bonds is 2. The number of hydrogen-bond donors (Lipinski definition) is 3. The minimum Gasteiger partial charge on any atom is -0.344 e. The summed E-state index contributed by atoms with van der Waals surface area (Å²) in [7, 11) is 0. The molecule has 0 aliphatic carbocycles. The number of carbonyl (C=O) groups excluding carboxylic acids is 1. The van der Waals surface area contributed by atoms with Crippen LogP contribution in [0.25, 0.3) is 5.57 Å². The summed E-state index contributed by atoms with van der Waals surface area (Å²) >= 11 is 0. The summed E-state index contributed by atoms with van der Waals surface area (Å²) in [5, 5.41) is 13.1. The minimum atomic E-state index is -0.102. The van der Waals surface area contributed by atoms with E-state index in [0.29, 0.717) is 11.4 Å². The van der Waals surface area contributed by atoms with Gasteiger partial charge >= 0.3 is 0 Å². The number of nitrogens with one attached hydrogen (secondary N) is 3. The predicted molar refractivity (Wildman–Crippen MR) is 84.0 cm³/mol. The molecule has 1 aromatic heterocycles. The maximum Gasteiger partial charge on any atom is 0.257 e. The first kappa shape index (κ1) is 13.4. The van der Waals surface area contributed by atoms with Gasteiger partial charge in [-0.2, -0.15) is 5.10 Å². The standard InChI is InChI=1S/C16H18N4O/c1-16(2,3)13-8-14(20-19-13)17-9-11-10-6-4-5-7-12(10)18-15(11)21/h4-9H,1-3H3,(H,18,21)(H2,17,19,20). The summed E-state index contributed by atoms with van der Waals surface area (Å²) in [5.74, 6) is 0.597. The molecule has 1 amide bonds. The Labute approximate surface area is 123 Å². The van der Waals surface area contributed by atoms with E-state index in [1.165, 1.54) is 0 Å². The SMILES string of the molecule is CC(C)(C)c1cc(NC=C2C(=O)Nc3ccccc32)n[nH]1. The maximum atomic E-state index is 12.0. The first-order chi connectivity index (χ1) is 9.95. The van der Waals surface area contributed by atoms with Gasteiger partial charge in [-0.3, -0.25) is 9.89 Å². The van der Waals surface area contributed by atoms with Crippen LogP contribution in [0.2, 0.25) is 0 Å². The Bertz CT molecular complexity index is 722. The number of benzene rings is 1. The van der Waals surface area contributed by atoms with Gasteiger partial charge in [0.15, 0.2) is 5.82 Å². The van der Waals surface area contributed by atoms with Crippen molar-refractivity contribution in [1.29, 1.82) is 0 Å². The molecule has 5 heteroatoms. The Hall–Kier alpha value is -2.56. The van der Waals surface area contributed by atoms with Gasteiger partial charge in [-0.05, 0) is 6.07 Å². The Morgan fingerprint density at radius 3 is 2.71 bits per heavy atom. The van der Waals surface area contributed by atoms with Gasteiger partial charge in [0.25, 0.3) is 5.91 Å². The molecular formula is C16H18N4O. The number of aromatic nitrogens is 2. The van der Waals surface area contributed by atoms with Crippen molar-refractivity contribution in [3.05, 3.63) is 47.8 Å². The third-order valence-electron chi connectivity index (χ3n) is 3.46. The van der Waals surface area contributed by atoms with Crippen LogP contribution in [0.15, 0.2) is 36.5 Å². The van der Waals surface area contributed by atoms with Crippen molar-refractivity contribution in [1.82, 2.24) is 10.2 Å². The molecule has 0 saturated carbocycles. The first-order valence-electron chi connectivity index (χ1n) is 6.88. The summed E-state index contributed by atoms with van der Waals surface area (Å²) in [6, 6.07) is 9.58. The lowest BCUT2D eigenvalue weighted by Gasteiger charge is -2.14. The van der Waals surface area contributed by atoms with Crippen molar-refractivity contribution in [2.24, 2.45) is 0 Å². The molecule has 0 spiro atoms. The molecule has 5 nitrogen and oxygen atoms in total. The average molecular weight is 282 g/mol. The smallest absolute Gasteiger partial charge is 0.257 e. The van der Waals surface area contributed by atoms with Crippen LogP contribution >= 0.6 is 0 Å². The Morgan fingerprint density at radius 1 is 1.24 bits per heavy atom. The largest absolute Gasteiger partial charge is 0.344 e. The highest BCUT2D eigenvalue weighted by Crippen LogP contribution is 2.31. The van der Waals surface area contributed by atoms with E-state index in [4.69, 9.17) is 0 Å². The molecule has 0 atom stereocenters. The lowest BCUT2D eigenvalue weighted by molar-refractivity contribution is -0.110. The van der Waals surface area contributed by atoms with Crippen molar-refractivity contribution in [2.45, 2.75) is 26.2 Å². The number of nitrogens with zero attached hydrogens (tertiary/aromatic N) is 1. The van der Waals surface area contributed by atoms with Crippen LogP contribution in [0.3, 0.4) is 0 Å². The molecule has 0 unspecified atom stereocenters. The third-order valence-corrected chi connectivity index (χ3v) is 3.46. The van der Waals surface area contributed by atoms with Gasteiger partial charge in [0.2, 0.25) is 0 Å². The molecule has 21 heavy (non-hydrogen) atoms. The van der Waals surface area contributed by atoms with E-state index in [2.05, 4.69) is 41.6 Å². The highest BCUT2D eigenvalue weighted by Gasteiger charge is 2.23. The van der Waals surface area contributed by atoms with Crippen LogP contribution < -0.4 is 10.6 Å². The second kappa shape index (κ2) is 4.77. The van der Waals surface area contributed by atoms with Gasteiger partial charge in [0.05, 0.1) is 5.57 Å². The summed E-state index contributed by atoms with van der Waals surface area (Å²) in [4.78, 5) is 12.0. The van der Waals surface area contributed by atoms with Crippen molar-refractivity contribution >= 4 is 23.0 Å². The van der Waals surface area contributed by atoms with Crippen LogP contribution in [-0.2, 0) is 10.2 Å². The molecule has 1 aliphatic heterocycles. The summed E-state index contributed by atoms with van der Waals surface area (Å²) < 4.78 is 0. The van der Waals surface area contributed by atoms with Gasteiger partial charge in [-0.1, -0.05) is 39.0 Å². The van der Waals surface area contributed by atoms with Crippen LogP contribution in [0.4, 0.5) is 11.5 Å². The van der Waals surface area contributed by atoms with E-state index in [1.54, 1.807) is 6.20 Å². The number of carbonyl (C=O) groups is 1. The molecule has 108 valence electrons. The molecule has 2 heterocycles. The second-order valence-corrected chi connectivity index (χ2v) is 6.12. The molecule has 0 bridgehead atoms. The Kier molecular flexibility index (Phi) is 3.05. The number of fused-ring (bicyclic) bond motifs is 1. The predicted octanol–water partition coefficient (Wildman–Crippen LogP) is 3.11. The Balaban J connectivity index is 1.84. The van der Waals surface area contributed by atoms with E-state index in [1.807, 2.05) is 30.3 Å². The molecule has 0 radical (unpaired) electrons.